The molecule has 106 valence electrons. The Bertz CT molecular complexity index is 476. The summed E-state index contributed by atoms with van der Waals surface area (Å²) in [6, 6.07) is -0.178. The number of carbonyl (C=O) groups is 2. The standard InChI is InChI=1S/C12H18N2O4S/c1-7(2)14(11(17)18-12(3,4)5)10-13-8(6-19-10)9(15)16/h6-7H,1-5H3,(H,15,16). The second-order valence-electron chi connectivity index (χ2n) is 5.26. The molecule has 1 aromatic heterocycles. The number of anilines is 1. The second-order valence-corrected chi connectivity index (χ2v) is 6.10. The first kappa shape index (κ1) is 15.4. The number of nitrogens with zero attached hydrogens (tertiary/aromatic N) is 2. The quantitative estimate of drug-likeness (QED) is 0.924. The van der Waals surface area contributed by atoms with E-state index in [4.69, 9.17) is 9.84 Å². The summed E-state index contributed by atoms with van der Waals surface area (Å²) in [6.45, 7) is 8.94. The van der Waals surface area contributed by atoms with E-state index in [9.17, 15) is 9.59 Å². The molecule has 0 aromatic carbocycles. The number of carbonyl (C=O) groups excluding carboxylic acids is 1. The van der Waals surface area contributed by atoms with Crippen molar-refractivity contribution >= 4 is 28.5 Å². The molecule has 0 radical (unpaired) electrons. The van der Waals surface area contributed by atoms with E-state index < -0.39 is 17.7 Å². The predicted octanol–water partition coefficient (Wildman–Crippen LogP) is 2.99. The van der Waals surface area contributed by atoms with Gasteiger partial charge >= 0.3 is 12.1 Å². The zero-order valence-electron chi connectivity index (χ0n) is 11.6. The minimum absolute atomic E-state index is 0.0748. The van der Waals surface area contributed by atoms with Gasteiger partial charge in [0.15, 0.2) is 10.8 Å². The average molecular weight is 286 g/mol. The van der Waals surface area contributed by atoms with Crippen molar-refractivity contribution in [2.75, 3.05) is 4.90 Å². The highest BCUT2D eigenvalue weighted by Crippen LogP contribution is 2.24. The summed E-state index contributed by atoms with van der Waals surface area (Å²) in [7, 11) is 0. The SMILES string of the molecule is CC(C)N(C(=O)OC(C)(C)C)c1nc(C(=O)O)cs1. The lowest BCUT2D eigenvalue weighted by Gasteiger charge is -2.28. The van der Waals surface area contributed by atoms with Crippen LogP contribution in [0, 0.1) is 0 Å². The number of rotatable bonds is 3. The van der Waals surface area contributed by atoms with Crippen LogP contribution in [0.25, 0.3) is 0 Å². The predicted molar refractivity (Wildman–Crippen MR) is 72.9 cm³/mol. The van der Waals surface area contributed by atoms with Gasteiger partial charge < -0.3 is 9.84 Å². The number of aromatic nitrogens is 1. The van der Waals surface area contributed by atoms with E-state index in [1.54, 1.807) is 20.8 Å². The molecule has 6 nitrogen and oxygen atoms in total. The van der Waals surface area contributed by atoms with E-state index >= 15 is 0 Å². The molecule has 0 saturated carbocycles. The van der Waals surface area contributed by atoms with Crippen LogP contribution in [0.3, 0.4) is 0 Å². The molecule has 19 heavy (non-hydrogen) atoms. The van der Waals surface area contributed by atoms with Gasteiger partial charge in [0, 0.05) is 11.4 Å². The number of hydrogen-bond donors (Lipinski definition) is 1. The normalized spacial score (nSPS) is 11.5. The third-order valence-corrected chi connectivity index (χ3v) is 2.86. The maximum Gasteiger partial charge on any atom is 0.416 e. The maximum atomic E-state index is 12.1. The van der Waals surface area contributed by atoms with E-state index in [0.29, 0.717) is 5.13 Å². The molecule has 1 aromatic rings. The number of aromatic carboxylic acids is 1. The van der Waals surface area contributed by atoms with Crippen LogP contribution >= 0.6 is 11.3 Å². The van der Waals surface area contributed by atoms with Gasteiger partial charge in [0.1, 0.15) is 5.60 Å². The topological polar surface area (TPSA) is 79.7 Å². The molecule has 0 saturated heterocycles. The van der Waals surface area contributed by atoms with Gasteiger partial charge in [0.25, 0.3) is 0 Å². The Morgan fingerprint density at radius 1 is 1.42 bits per heavy atom. The Balaban J connectivity index is 3.00. The van der Waals surface area contributed by atoms with Gasteiger partial charge in [-0.2, -0.15) is 0 Å². The largest absolute Gasteiger partial charge is 0.476 e. The van der Waals surface area contributed by atoms with Gasteiger partial charge in [-0.1, -0.05) is 0 Å². The smallest absolute Gasteiger partial charge is 0.416 e. The summed E-state index contributed by atoms with van der Waals surface area (Å²) in [5.74, 6) is -1.12. The fourth-order valence-electron chi connectivity index (χ4n) is 1.29. The van der Waals surface area contributed by atoms with E-state index in [0.717, 1.165) is 11.3 Å². The highest BCUT2D eigenvalue weighted by atomic mass is 32.1. The van der Waals surface area contributed by atoms with Gasteiger partial charge in [0.2, 0.25) is 0 Å². The van der Waals surface area contributed by atoms with Crippen molar-refractivity contribution in [3.63, 3.8) is 0 Å². The first-order valence-electron chi connectivity index (χ1n) is 5.83. The molecule has 0 aliphatic carbocycles. The van der Waals surface area contributed by atoms with Gasteiger partial charge in [0.05, 0.1) is 0 Å². The average Bonchev–Trinajstić information content (AvgIpc) is 2.63. The van der Waals surface area contributed by atoms with Crippen molar-refractivity contribution in [1.29, 1.82) is 0 Å². The molecule has 0 spiro atoms. The minimum Gasteiger partial charge on any atom is -0.476 e. The van der Waals surface area contributed by atoms with Crippen molar-refractivity contribution in [2.45, 2.75) is 46.3 Å². The molecule has 7 heteroatoms. The van der Waals surface area contributed by atoms with Gasteiger partial charge in [-0.15, -0.1) is 11.3 Å². The number of ether oxygens (including phenoxy) is 1. The van der Waals surface area contributed by atoms with Crippen LogP contribution < -0.4 is 4.90 Å². The fourth-order valence-corrected chi connectivity index (χ4v) is 2.21. The summed E-state index contributed by atoms with van der Waals surface area (Å²) in [5.41, 5.74) is -0.689. The summed E-state index contributed by atoms with van der Waals surface area (Å²) in [6.07, 6.45) is -0.534. The molecule has 0 atom stereocenters. The Morgan fingerprint density at radius 3 is 2.37 bits per heavy atom. The Kier molecular flexibility index (Phi) is 4.52. The number of amides is 1. The first-order chi connectivity index (χ1) is 8.61. The van der Waals surface area contributed by atoms with Crippen LogP contribution in [0.5, 0.6) is 0 Å². The lowest BCUT2D eigenvalue weighted by molar-refractivity contribution is 0.0568. The monoisotopic (exact) mass is 286 g/mol. The molecule has 1 rings (SSSR count). The Hall–Kier alpha value is -1.63. The fraction of sp³-hybridized carbons (Fsp3) is 0.583. The number of carboxylic acid groups (broad SMARTS) is 1. The number of hydrogen-bond acceptors (Lipinski definition) is 5. The van der Waals surface area contributed by atoms with E-state index in [1.165, 1.54) is 10.3 Å². The summed E-state index contributed by atoms with van der Waals surface area (Å²) >= 11 is 1.10. The highest BCUT2D eigenvalue weighted by molar-refractivity contribution is 7.14. The molecule has 0 aliphatic heterocycles. The summed E-state index contributed by atoms with van der Waals surface area (Å²) in [5, 5.41) is 10.6. The van der Waals surface area contributed by atoms with Gasteiger partial charge in [-0.25, -0.2) is 14.6 Å². The van der Waals surface area contributed by atoms with Gasteiger partial charge in [-0.05, 0) is 34.6 Å². The van der Waals surface area contributed by atoms with Crippen LogP contribution in [0.15, 0.2) is 5.38 Å². The zero-order valence-corrected chi connectivity index (χ0v) is 12.4. The van der Waals surface area contributed by atoms with Gasteiger partial charge in [-0.3, -0.25) is 4.90 Å². The van der Waals surface area contributed by atoms with Crippen molar-refractivity contribution in [3.8, 4) is 0 Å². The van der Waals surface area contributed by atoms with E-state index in [-0.39, 0.29) is 11.7 Å². The molecular formula is C12H18N2O4S. The summed E-state index contributed by atoms with van der Waals surface area (Å²) in [4.78, 5) is 28.2. The molecule has 0 unspecified atom stereocenters. The maximum absolute atomic E-state index is 12.1. The zero-order chi connectivity index (χ0) is 14.8. The molecule has 0 bridgehead atoms. The van der Waals surface area contributed by atoms with E-state index in [1.807, 2.05) is 13.8 Å². The number of carboxylic acids is 1. The van der Waals surface area contributed by atoms with Crippen LogP contribution in [-0.2, 0) is 4.74 Å². The number of thiazole rings is 1. The molecule has 0 aliphatic rings. The molecule has 1 amide bonds. The first-order valence-corrected chi connectivity index (χ1v) is 6.71. The Morgan fingerprint density at radius 2 is 2.00 bits per heavy atom. The van der Waals surface area contributed by atoms with Crippen LogP contribution in [-0.4, -0.2) is 33.8 Å². The van der Waals surface area contributed by atoms with Crippen molar-refractivity contribution in [1.82, 2.24) is 4.98 Å². The molecule has 1 heterocycles. The second kappa shape index (κ2) is 5.56. The molecular weight excluding hydrogens is 268 g/mol. The molecule has 0 fully saturated rings. The molecule has 1 N–H and O–H groups in total. The van der Waals surface area contributed by atoms with Crippen LogP contribution in [0.2, 0.25) is 0 Å². The van der Waals surface area contributed by atoms with Crippen LogP contribution in [0.1, 0.15) is 45.1 Å². The Labute approximate surface area is 116 Å². The lowest BCUT2D eigenvalue weighted by atomic mass is 10.2. The lowest BCUT2D eigenvalue weighted by Crippen LogP contribution is -2.41. The van der Waals surface area contributed by atoms with Crippen molar-refractivity contribution < 1.29 is 19.4 Å². The van der Waals surface area contributed by atoms with Crippen LogP contribution in [0.4, 0.5) is 9.93 Å². The minimum atomic E-state index is -1.12. The third kappa shape index (κ3) is 4.20. The van der Waals surface area contributed by atoms with Crippen molar-refractivity contribution in [3.05, 3.63) is 11.1 Å². The third-order valence-electron chi connectivity index (χ3n) is 2.02. The van der Waals surface area contributed by atoms with Crippen molar-refractivity contribution in [2.24, 2.45) is 0 Å². The van der Waals surface area contributed by atoms with E-state index in [2.05, 4.69) is 4.98 Å². The highest BCUT2D eigenvalue weighted by Gasteiger charge is 2.28. The summed E-state index contributed by atoms with van der Waals surface area (Å²) < 4.78 is 5.29.